The Bertz CT molecular complexity index is 615. The Balaban J connectivity index is 1.45. The first-order valence-corrected chi connectivity index (χ1v) is 6.87. The fourth-order valence-corrected chi connectivity index (χ4v) is 2.26. The van der Waals surface area contributed by atoms with Crippen LogP contribution in [0.25, 0.3) is 0 Å². The number of benzene rings is 1. The van der Waals surface area contributed by atoms with E-state index >= 15 is 0 Å². The second-order valence-corrected chi connectivity index (χ2v) is 4.93. The third kappa shape index (κ3) is 2.95. The Morgan fingerprint density at radius 1 is 1.27 bits per heavy atom. The van der Waals surface area contributed by atoms with E-state index < -0.39 is 11.9 Å². The highest BCUT2D eigenvalue weighted by Crippen LogP contribution is 2.32. The minimum Gasteiger partial charge on any atom is -0.454 e. The molecule has 22 heavy (non-hydrogen) atoms. The van der Waals surface area contributed by atoms with Crippen molar-refractivity contribution in [2.45, 2.75) is 6.42 Å². The molecular weight excluding hydrogens is 290 g/mol. The monoisotopic (exact) mass is 305 g/mol. The Labute approximate surface area is 126 Å². The normalized spacial score (nSPS) is 15.9. The van der Waals surface area contributed by atoms with Crippen molar-refractivity contribution >= 4 is 17.8 Å². The molecule has 8 heteroatoms. The zero-order valence-corrected chi connectivity index (χ0v) is 11.8. The number of hydrogen-bond donors (Lipinski definition) is 2. The van der Waals surface area contributed by atoms with Crippen LogP contribution < -0.4 is 20.1 Å². The van der Waals surface area contributed by atoms with Crippen molar-refractivity contribution in [2.24, 2.45) is 0 Å². The highest BCUT2D eigenvalue weighted by atomic mass is 16.7. The molecule has 2 aliphatic rings. The molecule has 2 aliphatic heterocycles. The molecule has 0 saturated carbocycles. The standard InChI is InChI=1S/C14H15N3O5/c18-12(7-17-13(19)6-16-14(17)20)15-4-3-9-1-2-10-11(5-9)22-8-21-10/h1-2,5H,3-4,6-8H2,(H,15,18)(H,16,20). The van der Waals surface area contributed by atoms with Gasteiger partial charge in [-0.15, -0.1) is 0 Å². The molecule has 0 unspecified atom stereocenters. The molecule has 0 aromatic heterocycles. The Kier molecular flexibility index (Phi) is 3.82. The molecule has 1 fully saturated rings. The molecule has 4 amide bonds. The summed E-state index contributed by atoms with van der Waals surface area (Å²) in [4.78, 5) is 35.3. The highest BCUT2D eigenvalue weighted by Gasteiger charge is 2.29. The largest absolute Gasteiger partial charge is 0.454 e. The highest BCUT2D eigenvalue weighted by molar-refractivity contribution is 6.04. The van der Waals surface area contributed by atoms with Gasteiger partial charge in [0.05, 0.1) is 6.54 Å². The van der Waals surface area contributed by atoms with Gasteiger partial charge in [-0.2, -0.15) is 0 Å². The summed E-state index contributed by atoms with van der Waals surface area (Å²) < 4.78 is 10.5. The number of ether oxygens (including phenoxy) is 2. The van der Waals surface area contributed by atoms with Crippen LogP contribution in [0.2, 0.25) is 0 Å². The van der Waals surface area contributed by atoms with E-state index in [1.54, 1.807) is 0 Å². The lowest BCUT2D eigenvalue weighted by atomic mass is 10.1. The lowest BCUT2D eigenvalue weighted by Gasteiger charge is -2.12. The first kappa shape index (κ1) is 14.2. The van der Waals surface area contributed by atoms with Gasteiger partial charge in [-0.05, 0) is 24.1 Å². The number of carbonyl (C=O) groups is 3. The predicted octanol–water partition coefficient (Wildman–Crippen LogP) is -0.374. The number of imide groups is 1. The molecule has 0 atom stereocenters. The Morgan fingerprint density at radius 2 is 2.09 bits per heavy atom. The second-order valence-electron chi connectivity index (χ2n) is 4.93. The lowest BCUT2D eigenvalue weighted by molar-refractivity contribution is -0.130. The molecule has 8 nitrogen and oxygen atoms in total. The average Bonchev–Trinajstić information content (AvgIpc) is 3.08. The van der Waals surface area contributed by atoms with Crippen LogP contribution in [-0.2, 0) is 16.0 Å². The maximum absolute atomic E-state index is 11.7. The van der Waals surface area contributed by atoms with Gasteiger partial charge >= 0.3 is 6.03 Å². The van der Waals surface area contributed by atoms with Gasteiger partial charge in [0.25, 0.3) is 5.91 Å². The quantitative estimate of drug-likeness (QED) is 0.723. The molecule has 0 aliphatic carbocycles. The van der Waals surface area contributed by atoms with Crippen LogP contribution in [0, 0.1) is 0 Å². The fourth-order valence-electron chi connectivity index (χ4n) is 2.26. The smallest absolute Gasteiger partial charge is 0.325 e. The van der Waals surface area contributed by atoms with Crippen LogP contribution in [0.15, 0.2) is 18.2 Å². The van der Waals surface area contributed by atoms with Gasteiger partial charge in [-0.25, -0.2) is 4.79 Å². The van der Waals surface area contributed by atoms with Gasteiger partial charge in [0.15, 0.2) is 11.5 Å². The van der Waals surface area contributed by atoms with Gasteiger partial charge in [0.1, 0.15) is 6.54 Å². The minimum atomic E-state index is -0.532. The summed E-state index contributed by atoms with van der Waals surface area (Å²) in [7, 11) is 0. The summed E-state index contributed by atoms with van der Waals surface area (Å²) in [5.74, 6) is 0.650. The van der Waals surface area contributed by atoms with Gasteiger partial charge in [-0.1, -0.05) is 6.07 Å². The van der Waals surface area contributed by atoms with Crippen LogP contribution >= 0.6 is 0 Å². The number of nitrogens with zero attached hydrogens (tertiary/aromatic N) is 1. The van der Waals surface area contributed by atoms with E-state index in [9.17, 15) is 14.4 Å². The van der Waals surface area contributed by atoms with Crippen molar-refractivity contribution in [1.82, 2.24) is 15.5 Å². The van der Waals surface area contributed by atoms with E-state index in [-0.39, 0.29) is 25.8 Å². The van der Waals surface area contributed by atoms with Crippen molar-refractivity contribution in [3.63, 3.8) is 0 Å². The van der Waals surface area contributed by atoms with Gasteiger partial charge in [-0.3, -0.25) is 14.5 Å². The predicted molar refractivity (Wildman–Crippen MR) is 74.4 cm³/mol. The third-order valence-electron chi connectivity index (χ3n) is 3.41. The number of hydrogen-bond acceptors (Lipinski definition) is 5. The first-order valence-electron chi connectivity index (χ1n) is 6.87. The van der Waals surface area contributed by atoms with E-state index in [1.807, 2.05) is 18.2 Å². The molecule has 2 N–H and O–H groups in total. The first-order chi connectivity index (χ1) is 10.6. The van der Waals surface area contributed by atoms with Crippen molar-refractivity contribution in [1.29, 1.82) is 0 Å². The lowest BCUT2D eigenvalue weighted by Crippen LogP contribution is -2.41. The Morgan fingerprint density at radius 3 is 2.86 bits per heavy atom. The van der Waals surface area contributed by atoms with Gasteiger partial charge < -0.3 is 20.1 Å². The molecular formula is C14H15N3O5. The fraction of sp³-hybridized carbons (Fsp3) is 0.357. The third-order valence-corrected chi connectivity index (χ3v) is 3.41. The van der Waals surface area contributed by atoms with Gasteiger partial charge in [0, 0.05) is 6.54 Å². The van der Waals surface area contributed by atoms with Crippen molar-refractivity contribution in [3.05, 3.63) is 23.8 Å². The summed E-state index contributed by atoms with van der Waals surface area (Å²) in [6, 6.07) is 5.06. The van der Waals surface area contributed by atoms with Crippen LogP contribution in [0.3, 0.4) is 0 Å². The number of nitrogens with one attached hydrogen (secondary N) is 2. The topological polar surface area (TPSA) is 97.0 Å². The molecule has 1 aromatic rings. The van der Waals surface area contributed by atoms with Crippen LogP contribution in [0.4, 0.5) is 4.79 Å². The Hall–Kier alpha value is -2.77. The minimum absolute atomic E-state index is 0.0523. The molecule has 0 bridgehead atoms. The summed E-state index contributed by atoms with van der Waals surface area (Å²) in [5.41, 5.74) is 1.000. The average molecular weight is 305 g/mol. The van der Waals surface area contributed by atoms with Crippen LogP contribution in [-0.4, -0.2) is 49.2 Å². The molecule has 0 spiro atoms. The summed E-state index contributed by atoms with van der Waals surface area (Å²) in [6.07, 6.45) is 0.614. The second kappa shape index (κ2) is 5.92. The van der Waals surface area contributed by atoms with E-state index in [1.165, 1.54) is 0 Å². The van der Waals surface area contributed by atoms with Crippen molar-refractivity contribution < 1.29 is 23.9 Å². The number of fused-ring (bicyclic) bond motifs is 1. The maximum Gasteiger partial charge on any atom is 0.325 e. The molecule has 1 saturated heterocycles. The number of amides is 4. The SMILES string of the molecule is O=C(CN1C(=O)CNC1=O)NCCc1ccc2c(c1)OCO2. The zero-order valence-electron chi connectivity index (χ0n) is 11.8. The summed E-state index contributed by atoms with van der Waals surface area (Å²) in [6.45, 7) is 0.318. The number of rotatable bonds is 5. The summed E-state index contributed by atoms with van der Waals surface area (Å²) in [5, 5.41) is 5.04. The van der Waals surface area contributed by atoms with Crippen molar-refractivity contribution in [3.8, 4) is 11.5 Å². The molecule has 3 rings (SSSR count). The molecule has 116 valence electrons. The summed E-state index contributed by atoms with van der Waals surface area (Å²) >= 11 is 0. The number of urea groups is 1. The molecule has 0 radical (unpaired) electrons. The molecule has 2 heterocycles. The van der Waals surface area contributed by atoms with E-state index in [2.05, 4.69) is 10.6 Å². The van der Waals surface area contributed by atoms with Crippen LogP contribution in [0.1, 0.15) is 5.56 Å². The van der Waals surface area contributed by atoms with E-state index in [0.717, 1.165) is 10.5 Å². The molecule has 1 aromatic carbocycles. The van der Waals surface area contributed by atoms with E-state index in [4.69, 9.17) is 9.47 Å². The zero-order chi connectivity index (χ0) is 15.5. The van der Waals surface area contributed by atoms with E-state index in [0.29, 0.717) is 24.5 Å². The van der Waals surface area contributed by atoms with Gasteiger partial charge in [0.2, 0.25) is 12.7 Å². The van der Waals surface area contributed by atoms with Crippen LogP contribution in [0.5, 0.6) is 11.5 Å². The maximum atomic E-state index is 11.7. The van der Waals surface area contributed by atoms with Crippen molar-refractivity contribution in [2.75, 3.05) is 26.4 Å². The number of carbonyl (C=O) groups excluding carboxylic acids is 3.